The van der Waals surface area contributed by atoms with Crippen LogP contribution in [0.3, 0.4) is 0 Å². The summed E-state index contributed by atoms with van der Waals surface area (Å²) in [5.74, 6) is 0. The third-order valence-corrected chi connectivity index (χ3v) is 3.67. The topological polar surface area (TPSA) is 35.5 Å². The van der Waals surface area contributed by atoms with Gasteiger partial charge in [0.2, 0.25) is 0 Å². The van der Waals surface area contributed by atoms with Gasteiger partial charge in [-0.05, 0) is 37.5 Å². The van der Waals surface area contributed by atoms with Gasteiger partial charge in [0.05, 0.1) is 12.2 Å². The van der Waals surface area contributed by atoms with Crippen molar-refractivity contribution < 1.29 is 18.3 Å². The highest BCUT2D eigenvalue weighted by Crippen LogP contribution is 2.35. The summed E-state index contributed by atoms with van der Waals surface area (Å²) in [7, 11) is 0. The van der Waals surface area contributed by atoms with Crippen molar-refractivity contribution in [3.63, 3.8) is 0 Å². The maximum absolute atomic E-state index is 13.2. The number of halogens is 3. The number of aliphatic hydroxyl groups is 1. The van der Waals surface area contributed by atoms with Crippen LogP contribution in [0.15, 0.2) is 18.2 Å². The van der Waals surface area contributed by atoms with Gasteiger partial charge in [0.1, 0.15) is 0 Å². The van der Waals surface area contributed by atoms with Gasteiger partial charge < -0.3 is 15.3 Å². The first-order chi connectivity index (χ1) is 9.95. The summed E-state index contributed by atoms with van der Waals surface area (Å²) < 4.78 is 39.7. The minimum absolute atomic E-state index is 0.0832. The van der Waals surface area contributed by atoms with Crippen LogP contribution in [0.2, 0.25) is 0 Å². The number of likely N-dealkylation sites (N-methyl/N-ethyl adjacent to an activating group) is 1. The summed E-state index contributed by atoms with van der Waals surface area (Å²) in [5, 5.41) is 12.1. The van der Waals surface area contributed by atoms with Gasteiger partial charge in [-0.15, -0.1) is 0 Å². The van der Waals surface area contributed by atoms with Gasteiger partial charge in [-0.25, -0.2) is 0 Å². The largest absolute Gasteiger partial charge is 0.416 e. The van der Waals surface area contributed by atoms with E-state index in [2.05, 4.69) is 5.32 Å². The fraction of sp³-hybridized carbons (Fsp3) is 0.600. The molecule has 2 N–H and O–H groups in total. The lowest BCUT2D eigenvalue weighted by atomic mass is 10.1. The van der Waals surface area contributed by atoms with Crippen LogP contribution in [-0.2, 0) is 12.7 Å². The standard InChI is InChI=1S/C15H21F3N2O/c1-2-20(7-8-21)13-6-3-11(10-19-12-4-5-12)14(9-13)15(16,17)18/h3,6,9,12,19,21H,2,4-5,7-8,10H2,1H3. The molecule has 1 aliphatic rings. The van der Waals surface area contributed by atoms with Crippen LogP contribution in [0.4, 0.5) is 18.9 Å². The molecular weight excluding hydrogens is 281 g/mol. The van der Waals surface area contributed by atoms with Crippen molar-refractivity contribution in [1.29, 1.82) is 0 Å². The Hall–Kier alpha value is -1.27. The number of hydrogen-bond donors (Lipinski definition) is 2. The van der Waals surface area contributed by atoms with Crippen LogP contribution < -0.4 is 10.2 Å². The molecule has 118 valence electrons. The zero-order valence-electron chi connectivity index (χ0n) is 12.1. The SMILES string of the molecule is CCN(CCO)c1ccc(CNC2CC2)c(C(F)(F)F)c1. The predicted molar refractivity (Wildman–Crippen MR) is 76.3 cm³/mol. The molecule has 0 radical (unpaired) electrons. The highest BCUT2D eigenvalue weighted by atomic mass is 19.4. The highest BCUT2D eigenvalue weighted by molar-refractivity contribution is 5.52. The van der Waals surface area contributed by atoms with Gasteiger partial charge in [-0.1, -0.05) is 6.07 Å². The fourth-order valence-corrected chi connectivity index (χ4v) is 2.31. The molecule has 0 aromatic heterocycles. The average Bonchev–Trinajstić information content (AvgIpc) is 3.25. The van der Waals surface area contributed by atoms with Crippen molar-refractivity contribution in [1.82, 2.24) is 5.32 Å². The molecule has 0 spiro atoms. The lowest BCUT2D eigenvalue weighted by molar-refractivity contribution is -0.138. The van der Waals surface area contributed by atoms with Crippen molar-refractivity contribution in [3.8, 4) is 0 Å². The number of anilines is 1. The molecule has 1 saturated carbocycles. The van der Waals surface area contributed by atoms with E-state index in [9.17, 15) is 13.2 Å². The molecule has 0 atom stereocenters. The summed E-state index contributed by atoms with van der Waals surface area (Å²) in [6.07, 6.45) is -2.28. The number of aliphatic hydroxyl groups excluding tert-OH is 1. The van der Waals surface area contributed by atoms with E-state index in [1.54, 1.807) is 11.0 Å². The molecule has 1 fully saturated rings. The molecule has 2 rings (SSSR count). The van der Waals surface area contributed by atoms with E-state index in [0.29, 0.717) is 24.8 Å². The Kier molecular flexibility index (Phi) is 5.11. The van der Waals surface area contributed by atoms with Gasteiger partial charge >= 0.3 is 6.18 Å². The minimum Gasteiger partial charge on any atom is -0.395 e. The summed E-state index contributed by atoms with van der Waals surface area (Å²) >= 11 is 0. The molecule has 0 heterocycles. The number of rotatable bonds is 7. The van der Waals surface area contributed by atoms with Crippen LogP contribution in [-0.4, -0.2) is 30.8 Å². The second-order valence-corrected chi connectivity index (χ2v) is 5.30. The van der Waals surface area contributed by atoms with Crippen LogP contribution in [0.5, 0.6) is 0 Å². The average molecular weight is 302 g/mol. The van der Waals surface area contributed by atoms with E-state index in [1.165, 1.54) is 12.1 Å². The Bertz CT molecular complexity index is 472. The fourth-order valence-electron chi connectivity index (χ4n) is 2.31. The highest BCUT2D eigenvalue weighted by Gasteiger charge is 2.34. The van der Waals surface area contributed by atoms with Crippen molar-refractivity contribution in [3.05, 3.63) is 29.3 Å². The summed E-state index contributed by atoms with van der Waals surface area (Å²) in [6, 6.07) is 4.78. The Balaban J connectivity index is 2.24. The predicted octanol–water partition coefficient (Wildman–Crippen LogP) is 2.78. The molecule has 0 aliphatic heterocycles. The summed E-state index contributed by atoms with van der Waals surface area (Å²) in [4.78, 5) is 1.73. The molecule has 6 heteroatoms. The monoisotopic (exact) mass is 302 g/mol. The third kappa shape index (κ3) is 4.35. The minimum atomic E-state index is -4.37. The first-order valence-electron chi connectivity index (χ1n) is 7.25. The molecule has 1 aliphatic carbocycles. The Morgan fingerprint density at radius 3 is 2.57 bits per heavy atom. The van der Waals surface area contributed by atoms with Crippen molar-refractivity contribution in [2.45, 2.75) is 38.5 Å². The molecule has 0 unspecified atom stereocenters. The van der Waals surface area contributed by atoms with Crippen LogP contribution in [0.25, 0.3) is 0 Å². The van der Waals surface area contributed by atoms with Gasteiger partial charge in [-0.2, -0.15) is 13.2 Å². The molecule has 1 aromatic carbocycles. The zero-order chi connectivity index (χ0) is 15.5. The normalized spacial score (nSPS) is 15.3. The Morgan fingerprint density at radius 2 is 2.05 bits per heavy atom. The van der Waals surface area contributed by atoms with Gasteiger partial charge in [0, 0.05) is 31.4 Å². The van der Waals surface area contributed by atoms with Crippen molar-refractivity contribution >= 4 is 5.69 Å². The third-order valence-electron chi connectivity index (χ3n) is 3.67. The Morgan fingerprint density at radius 1 is 1.33 bits per heavy atom. The Labute approximate surface area is 122 Å². The van der Waals surface area contributed by atoms with E-state index >= 15 is 0 Å². The smallest absolute Gasteiger partial charge is 0.395 e. The van der Waals surface area contributed by atoms with E-state index in [-0.39, 0.29) is 18.7 Å². The number of hydrogen-bond acceptors (Lipinski definition) is 3. The van der Waals surface area contributed by atoms with Gasteiger partial charge in [0.25, 0.3) is 0 Å². The molecule has 0 bridgehead atoms. The lowest BCUT2D eigenvalue weighted by Crippen LogP contribution is -2.27. The van der Waals surface area contributed by atoms with E-state index < -0.39 is 11.7 Å². The molecule has 1 aromatic rings. The first-order valence-corrected chi connectivity index (χ1v) is 7.25. The van der Waals surface area contributed by atoms with Gasteiger partial charge in [-0.3, -0.25) is 0 Å². The second kappa shape index (κ2) is 6.66. The van der Waals surface area contributed by atoms with Crippen LogP contribution >= 0.6 is 0 Å². The number of nitrogens with zero attached hydrogens (tertiary/aromatic N) is 1. The second-order valence-electron chi connectivity index (χ2n) is 5.30. The number of benzene rings is 1. The summed E-state index contributed by atoms with van der Waals surface area (Å²) in [5.41, 5.74) is 0.178. The summed E-state index contributed by atoms with van der Waals surface area (Å²) in [6.45, 7) is 2.89. The van der Waals surface area contributed by atoms with Gasteiger partial charge in [0.15, 0.2) is 0 Å². The number of nitrogens with one attached hydrogen (secondary N) is 1. The molecule has 3 nitrogen and oxygen atoms in total. The lowest BCUT2D eigenvalue weighted by Gasteiger charge is -2.24. The maximum atomic E-state index is 13.2. The van der Waals surface area contributed by atoms with E-state index in [4.69, 9.17) is 5.11 Å². The van der Waals surface area contributed by atoms with E-state index in [0.717, 1.165) is 12.8 Å². The van der Waals surface area contributed by atoms with Crippen molar-refractivity contribution in [2.75, 3.05) is 24.6 Å². The number of alkyl halides is 3. The molecule has 0 saturated heterocycles. The molecule has 21 heavy (non-hydrogen) atoms. The molecular formula is C15H21F3N2O. The quantitative estimate of drug-likeness (QED) is 0.813. The van der Waals surface area contributed by atoms with Crippen molar-refractivity contribution in [2.24, 2.45) is 0 Å². The van der Waals surface area contributed by atoms with Crippen LogP contribution in [0, 0.1) is 0 Å². The first kappa shape index (κ1) is 16.1. The van der Waals surface area contributed by atoms with E-state index in [1.807, 2.05) is 6.92 Å². The maximum Gasteiger partial charge on any atom is 0.416 e. The van der Waals surface area contributed by atoms with Crippen LogP contribution in [0.1, 0.15) is 30.9 Å². The molecule has 0 amide bonds. The zero-order valence-corrected chi connectivity index (χ0v) is 12.1.